The monoisotopic (exact) mass is 637 g/mol. The Labute approximate surface area is 265 Å². The fraction of sp³-hybridized carbons (Fsp3) is 0.147. The zero-order chi connectivity index (χ0) is 31.2. The normalized spacial score (nSPS) is 11.5. The largest absolute Gasteiger partial charge is 0.494 e. The number of thioether (sulfide) groups is 1. The number of aromatic nitrogens is 4. The van der Waals surface area contributed by atoms with Crippen LogP contribution in [0.4, 0.5) is 0 Å². The molecule has 0 radical (unpaired) electrons. The number of carbonyl (C=O) groups is 1. The summed E-state index contributed by atoms with van der Waals surface area (Å²) in [4.78, 5) is 13.0. The van der Waals surface area contributed by atoms with Crippen LogP contribution in [0.2, 0.25) is 0 Å². The van der Waals surface area contributed by atoms with Gasteiger partial charge in [0.05, 0.1) is 22.8 Å². The Bertz CT molecular complexity index is 2020. The van der Waals surface area contributed by atoms with Crippen molar-refractivity contribution in [1.29, 1.82) is 0 Å². The number of fused-ring (bicyclic) bond motifs is 1. The van der Waals surface area contributed by atoms with Crippen LogP contribution in [0.1, 0.15) is 12.5 Å². The fourth-order valence-corrected chi connectivity index (χ4v) is 7.21. The zero-order valence-electron chi connectivity index (χ0n) is 24.5. The zero-order valence-corrected chi connectivity index (χ0v) is 26.2. The third kappa shape index (κ3) is 6.50. The summed E-state index contributed by atoms with van der Waals surface area (Å²) in [5, 5.41) is 13.2. The van der Waals surface area contributed by atoms with Gasteiger partial charge >= 0.3 is 0 Å². The number of rotatable bonds is 12. The van der Waals surface area contributed by atoms with Gasteiger partial charge in [0.25, 0.3) is 10.0 Å². The van der Waals surface area contributed by atoms with Crippen LogP contribution in [0.25, 0.3) is 28.0 Å². The lowest BCUT2D eigenvalue weighted by molar-refractivity contribution is -0.118. The molecule has 228 valence electrons. The molecule has 4 aromatic carbocycles. The highest BCUT2D eigenvalue weighted by atomic mass is 32.2. The molecule has 0 saturated heterocycles. The molecule has 2 aromatic heterocycles. The van der Waals surface area contributed by atoms with Crippen molar-refractivity contribution in [1.82, 2.24) is 24.1 Å². The van der Waals surface area contributed by atoms with Crippen LogP contribution in [0.15, 0.2) is 125 Å². The Balaban J connectivity index is 1.36. The van der Waals surface area contributed by atoms with Gasteiger partial charge < -0.3 is 10.1 Å². The van der Waals surface area contributed by atoms with Gasteiger partial charge in [-0.15, -0.1) is 10.2 Å². The predicted octanol–water partition coefficient (Wildman–Crippen LogP) is 5.98. The molecule has 0 aliphatic rings. The minimum Gasteiger partial charge on any atom is -0.494 e. The molecule has 0 unspecified atom stereocenters. The number of nitrogens with one attached hydrogen (secondary N) is 1. The van der Waals surface area contributed by atoms with E-state index in [2.05, 4.69) is 15.5 Å². The Morgan fingerprint density at radius 3 is 2.29 bits per heavy atom. The standard InChI is InChI=1S/C34H31N5O4S2/c1-2-43-27-19-17-26(18-20-27)39-33(36-37-34(39)44-24-32(40)35-22-21-25-11-5-3-6-12-25)30-23-38(31-16-10-9-15-29(30)31)45(41,42)28-13-7-4-8-14-28/h3-20,23H,2,21-22,24H2,1H3,(H,35,40). The average molecular weight is 638 g/mol. The molecule has 6 rings (SSSR count). The molecule has 0 saturated carbocycles. The summed E-state index contributed by atoms with van der Waals surface area (Å²) >= 11 is 1.26. The first-order chi connectivity index (χ1) is 22.0. The smallest absolute Gasteiger partial charge is 0.268 e. The van der Waals surface area contributed by atoms with E-state index >= 15 is 0 Å². The maximum Gasteiger partial charge on any atom is 0.268 e. The Morgan fingerprint density at radius 1 is 0.867 bits per heavy atom. The van der Waals surface area contributed by atoms with E-state index in [-0.39, 0.29) is 16.6 Å². The van der Waals surface area contributed by atoms with Crippen LogP contribution in [0.3, 0.4) is 0 Å². The Morgan fingerprint density at radius 2 is 1.56 bits per heavy atom. The van der Waals surface area contributed by atoms with Gasteiger partial charge in [-0.25, -0.2) is 12.4 Å². The first-order valence-corrected chi connectivity index (χ1v) is 16.9. The first-order valence-electron chi connectivity index (χ1n) is 14.5. The second kappa shape index (κ2) is 13.4. The molecule has 1 N–H and O–H groups in total. The van der Waals surface area contributed by atoms with E-state index in [1.54, 1.807) is 48.7 Å². The summed E-state index contributed by atoms with van der Waals surface area (Å²) in [6.07, 6.45) is 2.33. The van der Waals surface area contributed by atoms with Crippen LogP contribution >= 0.6 is 11.8 Å². The maximum absolute atomic E-state index is 13.8. The molecule has 0 aliphatic heterocycles. The second-order valence-electron chi connectivity index (χ2n) is 10.1. The minimum absolute atomic E-state index is 0.121. The molecule has 0 spiro atoms. The lowest BCUT2D eigenvalue weighted by Crippen LogP contribution is -2.27. The van der Waals surface area contributed by atoms with Crippen LogP contribution in [0, 0.1) is 0 Å². The van der Waals surface area contributed by atoms with E-state index in [0.717, 1.165) is 17.7 Å². The summed E-state index contributed by atoms with van der Waals surface area (Å²) in [6.45, 7) is 2.98. The molecule has 2 heterocycles. The molecule has 45 heavy (non-hydrogen) atoms. The van der Waals surface area contributed by atoms with Crippen molar-refractivity contribution in [2.45, 2.75) is 23.4 Å². The van der Waals surface area contributed by atoms with Crippen molar-refractivity contribution in [2.24, 2.45) is 0 Å². The summed E-state index contributed by atoms with van der Waals surface area (Å²) in [5.74, 6) is 1.18. The maximum atomic E-state index is 13.8. The van der Waals surface area contributed by atoms with E-state index in [9.17, 15) is 13.2 Å². The topological polar surface area (TPSA) is 108 Å². The van der Waals surface area contributed by atoms with Gasteiger partial charge in [0.2, 0.25) is 5.91 Å². The SMILES string of the molecule is CCOc1ccc(-n2c(SCC(=O)NCCc3ccccc3)nnc2-c2cn(S(=O)(=O)c3ccccc3)c3ccccc23)cc1. The molecular formula is C34H31N5O4S2. The van der Waals surface area contributed by atoms with Gasteiger partial charge in [-0.1, -0.05) is 78.5 Å². The third-order valence-electron chi connectivity index (χ3n) is 7.17. The highest BCUT2D eigenvalue weighted by Gasteiger charge is 2.25. The van der Waals surface area contributed by atoms with Crippen LogP contribution in [-0.4, -0.2) is 52.0 Å². The molecule has 6 aromatic rings. The molecule has 1 amide bonds. The average Bonchev–Trinajstić information content (AvgIpc) is 3.67. The Hall–Kier alpha value is -4.87. The highest BCUT2D eigenvalue weighted by Crippen LogP contribution is 2.35. The number of ether oxygens (including phenoxy) is 1. The first kappa shape index (κ1) is 30.2. The molecule has 0 fully saturated rings. The van der Waals surface area contributed by atoms with Crippen molar-refractivity contribution in [3.8, 4) is 22.8 Å². The van der Waals surface area contributed by atoms with Crippen molar-refractivity contribution in [2.75, 3.05) is 18.9 Å². The van der Waals surface area contributed by atoms with E-state index < -0.39 is 10.0 Å². The van der Waals surface area contributed by atoms with Gasteiger partial charge in [0.1, 0.15) is 5.75 Å². The number of hydrogen-bond donors (Lipinski definition) is 1. The number of nitrogens with zero attached hydrogens (tertiary/aromatic N) is 4. The second-order valence-corrected chi connectivity index (χ2v) is 12.9. The lowest BCUT2D eigenvalue weighted by atomic mass is 10.1. The van der Waals surface area contributed by atoms with Gasteiger partial charge in [-0.3, -0.25) is 9.36 Å². The molecule has 0 bridgehead atoms. The van der Waals surface area contributed by atoms with Crippen LogP contribution < -0.4 is 10.1 Å². The number of para-hydroxylation sites is 1. The van der Waals surface area contributed by atoms with Crippen LogP contribution in [-0.2, 0) is 21.2 Å². The molecule has 0 aliphatic carbocycles. The van der Waals surface area contributed by atoms with Crippen LogP contribution in [0.5, 0.6) is 5.75 Å². The van der Waals surface area contributed by atoms with Crippen molar-refractivity contribution in [3.05, 3.63) is 121 Å². The molecule has 9 nitrogen and oxygen atoms in total. The van der Waals surface area contributed by atoms with E-state index in [4.69, 9.17) is 4.74 Å². The third-order valence-corrected chi connectivity index (χ3v) is 9.79. The lowest BCUT2D eigenvalue weighted by Gasteiger charge is -2.11. The molecule has 11 heteroatoms. The van der Waals surface area contributed by atoms with Crippen molar-refractivity contribution in [3.63, 3.8) is 0 Å². The number of benzene rings is 4. The Kier molecular flexibility index (Phi) is 8.99. The predicted molar refractivity (Wildman–Crippen MR) is 176 cm³/mol. The quantitative estimate of drug-likeness (QED) is 0.165. The highest BCUT2D eigenvalue weighted by molar-refractivity contribution is 7.99. The van der Waals surface area contributed by atoms with Gasteiger partial charge in [-0.05, 0) is 61.4 Å². The van der Waals surface area contributed by atoms with Gasteiger partial charge in [0, 0.05) is 29.4 Å². The fourth-order valence-electron chi connectivity index (χ4n) is 5.03. The van der Waals surface area contributed by atoms with E-state index in [1.807, 2.05) is 78.2 Å². The molecule has 0 atom stereocenters. The van der Waals surface area contributed by atoms with Crippen molar-refractivity contribution >= 4 is 38.6 Å². The number of hydrogen-bond acceptors (Lipinski definition) is 7. The van der Waals surface area contributed by atoms with Gasteiger partial charge in [-0.2, -0.15) is 0 Å². The van der Waals surface area contributed by atoms with Crippen molar-refractivity contribution < 1.29 is 17.9 Å². The number of amides is 1. The molecular weight excluding hydrogens is 607 g/mol. The summed E-state index contributed by atoms with van der Waals surface area (Å²) in [5.41, 5.74) is 3.00. The van der Waals surface area contributed by atoms with E-state index in [1.165, 1.54) is 15.7 Å². The minimum atomic E-state index is -3.90. The van der Waals surface area contributed by atoms with Gasteiger partial charge in [0.15, 0.2) is 11.0 Å². The summed E-state index contributed by atoms with van der Waals surface area (Å²) in [6, 6.07) is 33.1. The summed E-state index contributed by atoms with van der Waals surface area (Å²) < 4.78 is 36.3. The summed E-state index contributed by atoms with van der Waals surface area (Å²) in [7, 11) is -3.90. The number of carbonyl (C=O) groups excluding carboxylic acids is 1. The van der Waals surface area contributed by atoms with E-state index in [0.29, 0.717) is 46.3 Å².